The number of esters is 1. The molecule has 6 nitrogen and oxygen atoms in total. The third kappa shape index (κ3) is 3.72. The highest BCUT2D eigenvalue weighted by Crippen LogP contribution is 2.31. The molecule has 1 fully saturated rings. The number of hydrogen-bond acceptors (Lipinski definition) is 7. The first-order valence-corrected chi connectivity index (χ1v) is 7.86. The fourth-order valence-electron chi connectivity index (χ4n) is 2.44. The van der Waals surface area contributed by atoms with Crippen LogP contribution in [0.2, 0.25) is 0 Å². The summed E-state index contributed by atoms with van der Waals surface area (Å²) in [5, 5.41) is 10.1. The molecule has 0 aromatic carbocycles. The number of aliphatic hydroxyl groups excluding tert-OH is 1. The summed E-state index contributed by atoms with van der Waals surface area (Å²) in [6.45, 7) is 9.13. The van der Waals surface area contributed by atoms with Crippen molar-refractivity contribution < 1.29 is 19.4 Å². The molecule has 0 radical (unpaired) electrons. The molecule has 1 aliphatic rings. The van der Waals surface area contributed by atoms with Crippen LogP contribution in [0, 0.1) is 6.92 Å². The zero-order chi connectivity index (χ0) is 15.6. The van der Waals surface area contributed by atoms with Crippen LogP contribution in [-0.4, -0.2) is 54.1 Å². The van der Waals surface area contributed by atoms with E-state index in [4.69, 9.17) is 9.47 Å². The molecule has 118 valence electrons. The second-order valence-electron chi connectivity index (χ2n) is 5.68. The zero-order valence-electron chi connectivity index (χ0n) is 12.9. The number of hydrogen-bond donors (Lipinski definition) is 1. The van der Waals surface area contributed by atoms with Gasteiger partial charge < -0.3 is 19.5 Å². The summed E-state index contributed by atoms with van der Waals surface area (Å²) in [5.41, 5.74) is 0.0108. The molecule has 2 heterocycles. The van der Waals surface area contributed by atoms with E-state index in [0.29, 0.717) is 25.4 Å². The van der Waals surface area contributed by atoms with Crippen molar-refractivity contribution in [3.63, 3.8) is 0 Å². The van der Waals surface area contributed by atoms with Gasteiger partial charge in [0, 0.05) is 18.0 Å². The van der Waals surface area contributed by atoms with Gasteiger partial charge in [0.05, 0.1) is 24.9 Å². The maximum absolute atomic E-state index is 11.8. The summed E-state index contributed by atoms with van der Waals surface area (Å²) in [5.74, 6) is -0.385. The molecule has 0 spiro atoms. The Morgan fingerprint density at radius 3 is 2.95 bits per heavy atom. The van der Waals surface area contributed by atoms with E-state index in [0.717, 1.165) is 10.0 Å². The topological polar surface area (TPSA) is 71.9 Å². The highest BCUT2D eigenvalue weighted by molar-refractivity contribution is 7.15. The predicted octanol–water partition coefficient (Wildman–Crippen LogP) is 1.60. The zero-order valence-corrected chi connectivity index (χ0v) is 13.7. The highest BCUT2D eigenvalue weighted by Gasteiger charge is 2.35. The Kier molecular flexibility index (Phi) is 4.85. The normalized spacial score (nSPS) is 21.4. The lowest BCUT2D eigenvalue weighted by molar-refractivity contribution is -0.101. The lowest BCUT2D eigenvalue weighted by atomic mass is 10.1. The molecule has 1 unspecified atom stereocenters. The maximum atomic E-state index is 11.8. The molecule has 1 aromatic rings. The maximum Gasteiger partial charge on any atom is 0.358 e. The summed E-state index contributed by atoms with van der Waals surface area (Å²) in [6.07, 6.45) is -0.246. The Bertz CT molecular complexity index is 515. The highest BCUT2D eigenvalue weighted by atomic mass is 32.1. The van der Waals surface area contributed by atoms with Gasteiger partial charge in [0.15, 0.2) is 10.8 Å². The van der Waals surface area contributed by atoms with Crippen molar-refractivity contribution in [1.82, 2.24) is 4.98 Å². The number of aliphatic hydroxyl groups is 1. The minimum atomic E-state index is -0.385. The predicted molar refractivity (Wildman–Crippen MR) is 81.1 cm³/mol. The SMILES string of the molecule is CCOC(=O)c1nc(N2CC(CO)OC(C)(C)C2)sc1C. The van der Waals surface area contributed by atoms with E-state index in [1.54, 1.807) is 6.92 Å². The molecule has 2 rings (SSSR count). The molecule has 1 N–H and O–H groups in total. The molecule has 7 heteroatoms. The van der Waals surface area contributed by atoms with Gasteiger partial charge in [0.25, 0.3) is 0 Å². The van der Waals surface area contributed by atoms with Gasteiger partial charge in [-0.1, -0.05) is 0 Å². The van der Waals surface area contributed by atoms with E-state index in [2.05, 4.69) is 9.88 Å². The Morgan fingerprint density at radius 2 is 2.33 bits per heavy atom. The monoisotopic (exact) mass is 314 g/mol. The minimum absolute atomic E-state index is 0.0327. The molecule has 0 aliphatic carbocycles. The van der Waals surface area contributed by atoms with Gasteiger partial charge in [-0.05, 0) is 27.7 Å². The van der Waals surface area contributed by atoms with E-state index < -0.39 is 0 Å². The molecule has 0 bridgehead atoms. The van der Waals surface area contributed by atoms with Crippen LogP contribution in [0.15, 0.2) is 0 Å². The van der Waals surface area contributed by atoms with Crippen molar-refractivity contribution in [3.8, 4) is 0 Å². The van der Waals surface area contributed by atoms with Crippen molar-refractivity contribution in [2.24, 2.45) is 0 Å². The molecule has 1 aromatic heterocycles. The Hall–Kier alpha value is -1.18. The van der Waals surface area contributed by atoms with E-state index in [-0.39, 0.29) is 24.3 Å². The van der Waals surface area contributed by atoms with Gasteiger partial charge in [-0.3, -0.25) is 0 Å². The molecule has 21 heavy (non-hydrogen) atoms. The van der Waals surface area contributed by atoms with Crippen LogP contribution in [0.1, 0.15) is 36.1 Å². The van der Waals surface area contributed by atoms with Crippen molar-refractivity contribution in [2.45, 2.75) is 39.4 Å². The second-order valence-corrected chi connectivity index (χ2v) is 6.87. The number of rotatable bonds is 4. The summed E-state index contributed by atoms with van der Waals surface area (Å²) in [6, 6.07) is 0. The first kappa shape index (κ1) is 16.2. The Labute approximate surface area is 128 Å². The molecular weight excluding hydrogens is 292 g/mol. The van der Waals surface area contributed by atoms with Crippen LogP contribution in [-0.2, 0) is 9.47 Å². The van der Waals surface area contributed by atoms with Gasteiger partial charge in [0.1, 0.15) is 0 Å². The molecule has 1 atom stereocenters. The number of morpholine rings is 1. The molecule has 0 amide bonds. The first-order valence-electron chi connectivity index (χ1n) is 7.04. The van der Waals surface area contributed by atoms with Gasteiger partial charge in [-0.25, -0.2) is 9.78 Å². The summed E-state index contributed by atoms with van der Waals surface area (Å²) in [7, 11) is 0. The smallest absolute Gasteiger partial charge is 0.358 e. The van der Waals surface area contributed by atoms with E-state index in [1.807, 2.05) is 20.8 Å². The minimum Gasteiger partial charge on any atom is -0.461 e. The number of aromatic nitrogens is 1. The van der Waals surface area contributed by atoms with Crippen LogP contribution in [0.5, 0.6) is 0 Å². The summed E-state index contributed by atoms with van der Waals surface area (Å²) >= 11 is 1.47. The van der Waals surface area contributed by atoms with Crippen LogP contribution < -0.4 is 4.90 Å². The Morgan fingerprint density at radius 1 is 1.62 bits per heavy atom. The Balaban J connectivity index is 2.21. The lowest BCUT2D eigenvalue weighted by Gasteiger charge is -2.42. The number of ether oxygens (including phenoxy) is 2. The average Bonchev–Trinajstić information content (AvgIpc) is 2.79. The molecule has 1 aliphatic heterocycles. The van der Waals surface area contributed by atoms with Crippen LogP contribution in [0.25, 0.3) is 0 Å². The first-order chi connectivity index (χ1) is 9.86. The van der Waals surface area contributed by atoms with Crippen LogP contribution in [0.4, 0.5) is 5.13 Å². The molecule has 1 saturated heterocycles. The van der Waals surface area contributed by atoms with E-state index in [1.165, 1.54) is 11.3 Å². The number of carbonyl (C=O) groups excluding carboxylic acids is 1. The van der Waals surface area contributed by atoms with E-state index in [9.17, 15) is 9.90 Å². The van der Waals surface area contributed by atoms with Gasteiger partial charge in [0.2, 0.25) is 0 Å². The van der Waals surface area contributed by atoms with Crippen molar-refractivity contribution in [3.05, 3.63) is 10.6 Å². The fourth-order valence-corrected chi connectivity index (χ4v) is 3.35. The largest absolute Gasteiger partial charge is 0.461 e. The number of nitrogens with zero attached hydrogens (tertiary/aromatic N) is 2. The van der Waals surface area contributed by atoms with Crippen molar-refractivity contribution in [1.29, 1.82) is 0 Å². The van der Waals surface area contributed by atoms with Gasteiger partial charge in [-0.2, -0.15) is 0 Å². The lowest BCUT2D eigenvalue weighted by Crippen LogP contribution is -2.54. The molecule has 0 saturated carbocycles. The number of anilines is 1. The number of carbonyl (C=O) groups is 1. The number of aryl methyl sites for hydroxylation is 1. The molecular formula is C14H22N2O4S. The van der Waals surface area contributed by atoms with Gasteiger partial charge in [-0.15, -0.1) is 11.3 Å². The standard InChI is InChI=1S/C14H22N2O4S/c1-5-19-12(18)11-9(2)21-13(15-11)16-6-10(7-17)20-14(3,4)8-16/h10,17H,5-8H2,1-4H3. The van der Waals surface area contributed by atoms with Crippen LogP contribution >= 0.6 is 11.3 Å². The van der Waals surface area contributed by atoms with Gasteiger partial charge >= 0.3 is 5.97 Å². The fraction of sp³-hybridized carbons (Fsp3) is 0.714. The van der Waals surface area contributed by atoms with Crippen molar-refractivity contribution >= 4 is 22.4 Å². The van der Waals surface area contributed by atoms with E-state index >= 15 is 0 Å². The third-order valence-electron chi connectivity index (χ3n) is 3.21. The van der Waals surface area contributed by atoms with Crippen LogP contribution in [0.3, 0.4) is 0 Å². The number of thiazole rings is 1. The second kappa shape index (κ2) is 6.29. The summed E-state index contributed by atoms with van der Waals surface area (Å²) in [4.78, 5) is 19.2. The summed E-state index contributed by atoms with van der Waals surface area (Å²) < 4.78 is 10.8. The quantitative estimate of drug-likeness (QED) is 0.851. The average molecular weight is 314 g/mol. The third-order valence-corrected chi connectivity index (χ3v) is 4.24. The van der Waals surface area contributed by atoms with Crippen molar-refractivity contribution in [2.75, 3.05) is 31.2 Å².